The molecule has 0 bridgehead atoms. The molecule has 0 aliphatic heterocycles. The summed E-state index contributed by atoms with van der Waals surface area (Å²) in [6, 6.07) is 4.37. The summed E-state index contributed by atoms with van der Waals surface area (Å²) in [5.41, 5.74) is 3.54. The number of nitrogens with zero attached hydrogens (tertiary/aromatic N) is 2. The Morgan fingerprint density at radius 1 is 1.37 bits per heavy atom. The first-order valence-corrected chi connectivity index (χ1v) is 7.64. The lowest BCUT2D eigenvalue weighted by atomic mass is 10.0. The number of nitrogens with one attached hydrogen (secondary N) is 1. The van der Waals surface area contributed by atoms with E-state index in [1.54, 1.807) is 11.3 Å². The van der Waals surface area contributed by atoms with Crippen LogP contribution in [0, 0.1) is 13.8 Å². The maximum Gasteiger partial charge on any atom is 0.0898 e. The second-order valence-corrected chi connectivity index (χ2v) is 5.83. The second kappa shape index (κ2) is 6.78. The van der Waals surface area contributed by atoms with E-state index in [0.717, 1.165) is 35.8 Å². The van der Waals surface area contributed by atoms with Crippen LogP contribution in [0.15, 0.2) is 23.7 Å². The highest BCUT2D eigenvalue weighted by atomic mass is 32.1. The van der Waals surface area contributed by atoms with E-state index in [2.05, 4.69) is 47.5 Å². The Hall–Kier alpha value is -1.26. The molecule has 4 heteroatoms. The van der Waals surface area contributed by atoms with Crippen molar-refractivity contribution in [2.75, 3.05) is 6.54 Å². The maximum atomic E-state index is 4.62. The molecule has 102 valence electrons. The molecule has 0 saturated carbocycles. The number of hydrogen-bond acceptors (Lipinski definition) is 4. The zero-order chi connectivity index (χ0) is 13.7. The van der Waals surface area contributed by atoms with Gasteiger partial charge in [-0.05, 0) is 38.4 Å². The fraction of sp³-hybridized carbons (Fsp3) is 0.467. The van der Waals surface area contributed by atoms with Crippen molar-refractivity contribution in [1.82, 2.24) is 15.3 Å². The molecule has 0 saturated heterocycles. The molecule has 3 nitrogen and oxygen atoms in total. The minimum atomic E-state index is 0.262. The molecular weight excluding hydrogens is 254 g/mol. The maximum absolute atomic E-state index is 4.62. The predicted molar refractivity (Wildman–Crippen MR) is 80.6 cm³/mol. The van der Waals surface area contributed by atoms with Crippen LogP contribution < -0.4 is 5.32 Å². The molecule has 2 aromatic heterocycles. The monoisotopic (exact) mass is 275 g/mol. The molecule has 0 spiro atoms. The molecule has 0 aromatic carbocycles. The topological polar surface area (TPSA) is 37.8 Å². The first-order valence-electron chi connectivity index (χ1n) is 6.76. The first kappa shape index (κ1) is 14.2. The number of thiazole rings is 1. The minimum absolute atomic E-state index is 0.262. The standard InChI is InChI=1S/C15H21N3S/c1-4-7-16-14(15-10-19-12(3)18-15)9-13-11(2)6-5-8-17-13/h5-6,8,10,14,16H,4,7,9H2,1-3H3. The van der Waals surface area contributed by atoms with Crippen molar-refractivity contribution in [2.45, 2.75) is 39.7 Å². The highest BCUT2D eigenvalue weighted by Gasteiger charge is 2.16. The van der Waals surface area contributed by atoms with Gasteiger partial charge in [-0.3, -0.25) is 4.98 Å². The van der Waals surface area contributed by atoms with E-state index in [1.807, 2.05) is 12.3 Å². The van der Waals surface area contributed by atoms with Crippen molar-refractivity contribution in [1.29, 1.82) is 0 Å². The van der Waals surface area contributed by atoms with E-state index in [4.69, 9.17) is 0 Å². The summed E-state index contributed by atoms with van der Waals surface area (Å²) in [6.45, 7) is 7.36. The normalized spacial score (nSPS) is 12.6. The van der Waals surface area contributed by atoms with Gasteiger partial charge in [-0.1, -0.05) is 13.0 Å². The van der Waals surface area contributed by atoms with Crippen LogP contribution in [-0.4, -0.2) is 16.5 Å². The zero-order valence-corrected chi connectivity index (χ0v) is 12.6. The van der Waals surface area contributed by atoms with Crippen molar-refractivity contribution < 1.29 is 0 Å². The van der Waals surface area contributed by atoms with E-state index in [9.17, 15) is 0 Å². The van der Waals surface area contributed by atoms with Crippen molar-refractivity contribution in [3.05, 3.63) is 45.7 Å². The van der Waals surface area contributed by atoms with Gasteiger partial charge < -0.3 is 5.32 Å². The van der Waals surface area contributed by atoms with Crippen molar-refractivity contribution in [3.63, 3.8) is 0 Å². The summed E-state index contributed by atoms with van der Waals surface area (Å²) in [6.07, 6.45) is 3.89. The lowest BCUT2D eigenvalue weighted by Gasteiger charge is -2.17. The molecule has 1 unspecified atom stereocenters. The van der Waals surface area contributed by atoms with Crippen LogP contribution >= 0.6 is 11.3 Å². The first-order chi connectivity index (χ1) is 9.20. The largest absolute Gasteiger partial charge is 0.308 e. The Bertz CT molecular complexity index is 522. The number of aromatic nitrogens is 2. The second-order valence-electron chi connectivity index (χ2n) is 4.77. The van der Waals surface area contributed by atoms with Gasteiger partial charge in [0.05, 0.1) is 16.7 Å². The van der Waals surface area contributed by atoms with E-state index in [-0.39, 0.29) is 6.04 Å². The van der Waals surface area contributed by atoms with Gasteiger partial charge in [0.15, 0.2) is 0 Å². The van der Waals surface area contributed by atoms with E-state index in [1.165, 1.54) is 5.56 Å². The fourth-order valence-corrected chi connectivity index (χ4v) is 2.73. The van der Waals surface area contributed by atoms with Crippen LogP contribution in [-0.2, 0) is 6.42 Å². The Kier molecular flexibility index (Phi) is 5.05. The molecule has 0 fully saturated rings. The number of aryl methyl sites for hydroxylation is 2. The number of rotatable bonds is 6. The minimum Gasteiger partial charge on any atom is -0.308 e. The third-order valence-corrected chi connectivity index (χ3v) is 3.94. The SMILES string of the molecule is CCCNC(Cc1ncccc1C)c1csc(C)n1. The predicted octanol–water partition coefficient (Wildman–Crippen LogP) is 3.44. The number of hydrogen-bond donors (Lipinski definition) is 1. The Morgan fingerprint density at radius 3 is 2.84 bits per heavy atom. The van der Waals surface area contributed by atoms with Gasteiger partial charge in [0, 0.05) is 23.7 Å². The quantitative estimate of drug-likeness (QED) is 0.877. The summed E-state index contributed by atoms with van der Waals surface area (Å²) in [5.74, 6) is 0. The van der Waals surface area contributed by atoms with E-state index < -0.39 is 0 Å². The third kappa shape index (κ3) is 3.85. The Balaban J connectivity index is 2.16. The number of pyridine rings is 1. The molecular formula is C15H21N3S. The van der Waals surface area contributed by atoms with Crippen LogP contribution in [0.3, 0.4) is 0 Å². The van der Waals surface area contributed by atoms with Gasteiger partial charge in [0.2, 0.25) is 0 Å². The molecule has 1 N–H and O–H groups in total. The third-order valence-electron chi connectivity index (χ3n) is 3.15. The molecule has 0 aliphatic rings. The lowest BCUT2D eigenvalue weighted by Crippen LogP contribution is -2.25. The molecule has 0 radical (unpaired) electrons. The van der Waals surface area contributed by atoms with Crippen LogP contribution in [0.1, 0.15) is 41.3 Å². The van der Waals surface area contributed by atoms with Gasteiger partial charge in [-0.25, -0.2) is 4.98 Å². The van der Waals surface area contributed by atoms with Crippen LogP contribution in [0.4, 0.5) is 0 Å². The summed E-state index contributed by atoms with van der Waals surface area (Å²) in [4.78, 5) is 9.11. The van der Waals surface area contributed by atoms with Gasteiger partial charge in [-0.2, -0.15) is 0 Å². The molecule has 2 rings (SSSR count). The summed E-state index contributed by atoms with van der Waals surface area (Å²) >= 11 is 1.71. The molecule has 0 amide bonds. The van der Waals surface area contributed by atoms with Gasteiger partial charge in [-0.15, -0.1) is 11.3 Å². The lowest BCUT2D eigenvalue weighted by molar-refractivity contribution is 0.514. The van der Waals surface area contributed by atoms with Crippen molar-refractivity contribution in [3.8, 4) is 0 Å². The smallest absolute Gasteiger partial charge is 0.0898 e. The summed E-state index contributed by atoms with van der Waals surface area (Å²) in [5, 5.41) is 6.85. The molecule has 2 heterocycles. The highest BCUT2D eigenvalue weighted by molar-refractivity contribution is 7.09. The Labute approximate surface area is 119 Å². The highest BCUT2D eigenvalue weighted by Crippen LogP contribution is 2.21. The van der Waals surface area contributed by atoms with Crippen LogP contribution in [0.2, 0.25) is 0 Å². The van der Waals surface area contributed by atoms with Gasteiger partial charge >= 0.3 is 0 Å². The van der Waals surface area contributed by atoms with E-state index >= 15 is 0 Å². The molecule has 2 aromatic rings. The molecule has 1 atom stereocenters. The van der Waals surface area contributed by atoms with Crippen molar-refractivity contribution >= 4 is 11.3 Å². The summed E-state index contributed by atoms with van der Waals surface area (Å²) < 4.78 is 0. The average Bonchev–Trinajstić information content (AvgIpc) is 2.83. The Morgan fingerprint density at radius 2 is 2.21 bits per heavy atom. The summed E-state index contributed by atoms with van der Waals surface area (Å²) in [7, 11) is 0. The van der Waals surface area contributed by atoms with Gasteiger partial charge in [0.25, 0.3) is 0 Å². The molecule has 0 aliphatic carbocycles. The van der Waals surface area contributed by atoms with Gasteiger partial charge in [0.1, 0.15) is 0 Å². The zero-order valence-electron chi connectivity index (χ0n) is 11.8. The van der Waals surface area contributed by atoms with E-state index in [0.29, 0.717) is 0 Å². The van der Waals surface area contributed by atoms with Crippen LogP contribution in [0.25, 0.3) is 0 Å². The average molecular weight is 275 g/mol. The molecule has 19 heavy (non-hydrogen) atoms. The fourth-order valence-electron chi connectivity index (χ4n) is 2.07. The van der Waals surface area contributed by atoms with Crippen molar-refractivity contribution in [2.24, 2.45) is 0 Å². The van der Waals surface area contributed by atoms with Crippen LogP contribution in [0.5, 0.6) is 0 Å².